The zero-order valence-corrected chi connectivity index (χ0v) is 20.7. The lowest BCUT2D eigenvalue weighted by atomic mass is 10.2. The Morgan fingerprint density at radius 3 is 2.23 bits per heavy atom. The summed E-state index contributed by atoms with van der Waals surface area (Å²) in [4.78, 5) is 26.7. The van der Waals surface area contributed by atoms with Gasteiger partial charge in [-0.3, -0.25) is 9.10 Å². The predicted molar refractivity (Wildman–Crippen MR) is 133 cm³/mol. The molecule has 0 saturated heterocycles. The zero-order chi connectivity index (χ0) is 25.4. The fraction of sp³-hybridized carbons (Fsp3) is 0.231. The van der Waals surface area contributed by atoms with E-state index in [-0.39, 0.29) is 16.4 Å². The highest BCUT2D eigenvalue weighted by atomic mass is 32.2. The molecular formula is C26H28N2O6S. The number of nitrogens with zero attached hydrogens (tertiary/aromatic N) is 2. The summed E-state index contributed by atoms with van der Waals surface area (Å²) in [6.07, 6.45) is 0. The van der Waals surface area contributed by atoms with Gasteiger partial charge in [-0.05, 0) is 55.0 Å². The highest BCUT2D eigenvalue weighted by Gasteiger charge is 2.23. The molecule has 0 atom stereocenters. The number of likely N-dealkylation sites (N-methyl/N-ethyl adjacent to an activating group) is 1. The molecule has 0 N–H and O–H groups in total. The van der Waals surface area contributed by atoms with Crippen LogP contribution in [0.5, 0.6) is 5.75 Å². The Balaban J connectivity index is 1.68. The van der Waals surface area contributed by atoms with E-state index in [4.69, 9.17) is 9.47 Å². The topological polar surface area (TPSA) is 93.2 Å². The van der Waals surface area contributed by atoms with Gasteiger partial charge >= 0.3 is 5.97 Å². The van der Waals surface area contributed by atoms with Gasteiger partial charge in [0, 0.05) is 20.1 Å². The molecule has 0 heterocycles. The molecule has 0 unspecified atom stereocenters. The van der Waals surface area contributed by atoms with Crippen molar-refractivity contribution in [2.24, 2.45) is 0 Å². The Morgan fingerprint density at radius 2 is 1.60 bits per heavy atom. The second-order valence-corrected chi connectivity index (χ2v) is 9.64. The van der Waals surface area contributed by atoms with E-state index in [1.165, 1.54) is 38.4 Å². The number of ether oxygens (including phenoxy) is 2. The minimum atomic E-state index is -3.94. The molecule has 0 fully saturated rings. The van der Waals surface area contributed by atoms with Gasteiger partial charge in [-0.1, -0.05) is 36.4 Å². The second-order valence-electron chi connectivity index (χ2n) is 7.67. The molecule has 3 aromatic carbocycles. The highest BCUT2D eigenvalue weighted by molar-refractivity contribution is 7.92. The van der Waals surface area contributed by atoms with Crippen molar-refractivity contribution in [3.8, 4) is 5.75 Å². The van der Waals surface area contributed by atoms with Crippen LogP contribution in [0.15, 0.2) is 83.8 Å². The van der Waals surface area contributed by atoms with Crippen LogP contribution in [0.1, 0.15) is 22.8 Å². The zero-order valence-electron chi connectivity index (χ0n) is 19.9. The Hall–Kier alpha value is -3.85. The fourth-order valence-corrected chi connectivity index (χ4v) is 4.60. The number of rotatable bonds is 10. The third kappa shape index (κ3) is 6.39. The third-order valence-corrected chi connectivity index (χ3v) is 7.22. The summed E-state index contributed by atoms with van der Waals surface area (Å²) in [5.74, 6) is -0.518. The van der Waals surface area contributed by atoms with E-state index in [2.05, 4.69) is 0 Å². The maximum atomic E-state index is 13.1. The molecule has 3 aromatic rings. The van der Waals surface area contributed by atoms with Crippen molar-refractivity contribution in [1.82, 2.24) is 4.90 Å². The van der Waals surface area contributed by atoms with Crippen molar-refractivity contribution in [1.29, 1.82) is 0 Å². The maximum Gasteiger partial charge on any atom is 0.338 e. The van der Waals surface area contributed by atoms with E-state index >= 15 is 0 Å². The van der Waals surface area contributed by atoms with Crippen molar-refractivity contribution >= 4 is 27.6 Å². The minimum Gasteiger partial charge on any atom is -0.497 e. The van der Waals surface area contributed by atoms with Crippen LogP contribution in [0.4, 0.5) is 5.69 Å². The molecule has 184 valence electrons. The Bertz CT molecular complexity index is 1260. The monoisotopic (exact) mass is 496 g/mol. The highest BCUT2D eigenvalue weighted by Crippen LogP contribution is 2.25. The van der Waals surface area contributed by atoms with Gasteiger partial charge in [0.25, 0.3) is 15.9 Å². The number of esters is 1. The number of anilines is 1. The summed E-state index contributed by atoms with van der Waals surface area (Å²) in [6.45, 7) is 2.26. The van der Waals surface area contributed by atoms with E-state index in [0.29, 0.717) is 24.5 Å². The summed E-state index contributed by atoms with van der Waals surface area (Å²) < 4.78 is 37.6. The molecule has 0 saturated carbocycles. The van der Waals surface area contributed by atoms with Gasteiger partial charge in [0.15, 0.2) is 6.61 Å². The van der Waals surface area contributed by atoms with Gasteiger partial charge in [0.2, 0.25) is 0 Å². The van der Waals surface area contributed by atoms with Crippen LogP contribution in [0, 0.1) is 0 Å². The maximum absolute atomic E-state index is 13.1. The Morgan fingerprint density at radius 1 is 0.914 bits per heavy atom. The number of amides is 1. The van der Waals surface area contributed by atoms with Crippen LogP contribution < -0.4 is 9.04 Å². The molecule has 8 nitrogen and oxygen atoms in total. The summed E-state index contributed by atoms with van der Waals surface area (Å²) >= 11 is 0. The first kappa shape index (κ1) is 25.8. The molecule has 0 aliphatic heterocycles. The number of benzene rings is 3. The van der Waals surface area contributed by atoms with Crippen molar-refractivity contribution in [2.75, 3.05) is 31.6 Å². The van der Waals surface area contributed by atoms with Crippen LogP contribution in [0.2, 0.25) is 0 Å². The first-order chi connectivity index (χ1) is 16.8. The molecule has 0 spiro atoms. The Labute approximate surface area is 205 Å². The van der Waals surface area contributed by atoms with Crippen LogP contribution >= 0.6 is 0 Å². The van der Waals surface area contributed by atoms with Gasteiger partial charge in [-0.15, -0.1) is 0 Å². The number of hydrogen-bond acceptors (Lipinski definition) is 6. The van der Waals surface area contributed by atoms with E-state index in [9.17, 15) is 18.0 Å². The lowest BCUT2D eigenvalue weighted by Gasteiger charge is -2.21. The minimum absolute atomic E-state index is 0.0353. The number of methoxy groups -OCH3 is 1. The molecule has 0 radical (unpaired) electrons. The second kappa shape index (κ2) is 11.5. The van der Waals surface area contributed by atoms with Crippen LogP contribution in [0.3, 0.4) is 0 Å². The van der Waals surface area contributed by atoms with Gasteiger partial charge in [0.05, 0.1) is 23.3 Å². The van der Waals surface area contributed by atoms with Crippen LogP contribution in [0.25, 0.3) is 0 Å². The van der Waals surface area contributed by atoms with Crippen molar-refractivity contribution in [2.45, 2.75) is 18.4 Å². The van der Waals surface area contributed by atoms with E-state index in [0.717, 1.165) is 9.87 Å². The van der Waals surface area contributed by atoms with Gasteiger partial charge in [-0.25, -0.2) is 13.2 Å². The third-order valence-electron chi connectivity index (χ3n) is 5.44. The smallest absolute Gasteiger partial charge is 0.338 e. The van der Waals surface area contributed by atoms with Crippen LogP contribution in [-0.4, -0.2) is 52.5 Å². The molecule has 0 aliphatic rings. The first-order valence-electron chi connectivity index (χ1n) is 11.0. The lowest BCUT2D eigenvalue weighted by Crippen LogP contribution is -2.34. The molecule has 3 rings (SSSR count). The average Bonchev–Trinajstić information content (AvgIpc) is 2.90. The predicted octanol–water partition coefficient (Wildman–Crippen LogP) is 3.73. The largest absolute Gasteiger partial charge is 0.497 e. The number of carbonyl (C=O) groups is 2. The van der Waals surface area contributed by atoms with Gasteiger partial charge in [0.1, 0.15) is 5.75 Å². The standard InChI is InChI=1S/C26H28N2O6S/c1-4-28(18-20-9-6-5-7-10-20)25(29)19-34-26(30)21-11-8-12-24(17-21)35(31,32)27(2)22-13-15-23(33-3)16-14-22/h5-17H,4,18-19H2,1-3H3. The van der Waals surface area contributed by atoms with Gasteiger partial charge < -0.3 is 14.4 Å². The molecule has 0 aliphatic carbocycles. The van der Waals surface area contributed by atoms with E-state index in [1.807, 2.05) is 37.3 Å². The number of hydrogen-bond donors (Lipinski definition) is 0. The van der Waals surface area contributed by atoms with Crippen molar-refractivity contribution < 1.29 is 27.5 Å². The summed E-state index contributed by atoms with van der Waals surface area (Å²) in [7, 11) is -0.993. The Kier molecular flexibility index (Phi) is 8.48. The average molecular weight is 497 g/mol. The SMILES string of the molecule is CCN(Cc1ccccc1)C(=O)COC(=O)c1cccc(S(=O)(=O)N(C)c2ccc(OC)cc2)c1. The summed E-state index contributed by atoms with van der Waals surface area (Å²) in [5.41, 5.74) is 1.43. The summed E-state index contributed by atoms with van der Waals surface area (Å²) in [5, 5.41) is 0. The quantitative estimate of drug-likeness (QED) is 0.397. The molecule has 1 amide bonds. The normalized spacial score (nSPS) is 10.9. The van der Waals surface area contributed by atoms with Gasteiger partial charge in [-0.2, -0.15) is 0 Å². The molecular weight excluding hydrogens is 468 g/mol. The van der Waals surface area contributed by atoms with Crippen molar-refractivity contribution in [3.63, 3.8) is 0 Å². The summed E-state index contributed by atoms with van der Waals surface area (Å²) in [6, 6.07) is 21.6. The van der Waals surface area contributed by atoms with Crippen molar-refractivity contribution in [3.05, 3.63) is 90.0 Å². The molecule has 0 bridgehead atoms. The van der Waals surface area contributed by atoms with E-state index < -0.39 is 22.6 Å². The molecule has 0 aromatic heterocycles. The number of carbonyl (C=O) groups excluding carboxylic acids is 2. The first-order valence-corrected chi connectivity index (χ1v) is 12.4. The lowest BCUT2D eigenvalue weighted by molar-refractivity contribution is -0.134. The number of sulfonamides is 1. The molecule has 35 heavy (non-hydrogen) atoms. The fourth-order valence-electron chi connectivity index (χ4n) is 3.35. The molecule has 9 heteroatoms. The van der Waals surface area contributed by atoms with E-state index in [1.54, 1.807) is 29.2 Å². The van der Waals surface area contributed by atoms with Crippen LogP contribution in [-0.2, 0) is 26.1 Å².